The first kappa shape index (κ1) is 18.8. The van der Waals surface area contributed by atoms with Crippen LogP contribution in [-0.2, 0) is 6.54 Å². The molecule has 28 heavy (non-hydrogen) atoms. The Kier molecular flexibility index (Phi) is 5.54. The lowest BCUT2D eigenvalue weighted by Gasteiger charge is -2.34. The first-order chi connectivity index (χ1) is 13.6. The van der Waals surface area contributed by atoms with Crippen LogP contribution in [0.15, 0.2) is 57.5 Å². The van der Waals surface area contributed by atoms with Crippen LogP contribution in [0.5, 0.6) is 0 Å². The van der Waals surface area contributed by atoms with E-state index >= 15 is 0 Å². The van der Waals surface area contributed by atoms with Gasteiger partial charge in [-0.15, -0.1) is 0 Å². The lowest BCUT2D eigenvalue weighted by molar-refractivity contribution is 0.0624. The van der Waals surface area contributed by atoms with E-state index in [1.165, 1.54) is 0 Å². The van der Waals surface area contributed by atoms with Gasteiger partial charge in [-0.1, -0.05) is 38.8 Å². The fourth-order valence-electron chi connectivity index (χ4n) is 3.30. The number of amides is 1. The largest absolute Gasteiger partial charge is 0.336 e. The van der Waals surface area contributed by atoms with Gasteiger partial charge in [0.15, 0.2) is 5.82 Å². The van der Waals surface area contributed by atoms with Crippen LogP contribution in [0.2, 0.25) is 0 Å². The summed E-state index contributed by atoms with van der Waals surface area (Å²) in [6.45, 7) is 5.62. The average Bonchev–Trinajstić information content (AvgIpc) is 3.17. The zero-order valence-corrected chi connectivity index (χ0v) is 17.2. The van der Waals surface area contributed by atoms with Crippen molar-refractivity contribution in [3.05, 3.63) is 70.0 Å². The summed E-state index contributed by atoms with van der Waals surface area (Å²) in [6, 6.07) is 15.5. The van der Waals surface area contributed by atoms with Crippen molar-refractivity contribution in [2.45, 2.75) is 13.5 Å². The maximum absolute atomic E-state index is 12.6. The third kappa shape index (κ3) is 4.31. The van der Waals surface area contributed by atoms with Crippen LogP contribution < -0.4 is 0 Å². The average molecular weight is 441 g/mol. The molecule has 6 nitrogen and oxygen atoms in total. The second-order valence-corrected chi connectivity index (χ2v) is 7.88. The number of aromatic nitrogens is 2. The fraction of sp³-hybridized carbons (Fsp3) is 0.286. The molecule has 0 unspecified atom stereocenters. The molecule has 4 rings (SSSR count). The van der Waals surface area contributed by atoms with Gasteiger partial charge in [0.2, 0.25) is 0 Å². The van der Waals surface area contributed by atoms with Crippen molar-refractivity contribution in [1.29, 1.82) is 0 Å². The monoisotopic (exact) mass is 440 g/mol. The molecule has 1 saturated heterocycles. The number of nitrogens with zero attached hydrogens (tertiary/aromatic N) is 4. The predicted octanol–water partition coefficient (Wildman–Crippen LogP) is 3.77. The van der Waals surface area contributed by atoms with Crippen LogP contribution in [0, 0.1) is 6.92 Å². The van der Waals surface area contributed by atoms with Gasteiger partial charge in [-0.05, 0) is 43.3 Å². The Morgan fingerprint density at radius 2 is 1.86 bits per heavy atom. The smallest absolute Gasteiger partial charge is 0.257 e. The molecular formula is C21H21BrN4O2. The van der Waals surface area contributed by atoms with Crippen LogP contribution in [0.25, 0.3) is 11.5 Å². The number of carbonyl (C=O) groups excluding carboxylic acids is 1. The number of carbonyl (C=O) groups is 1. The quantitative estimate of drug-likeness (QED) is 0.617. The Labute approximate surface area is 172 Å². The highest BCUT2D eigenvalue weighted by Gasteiger charge is 2.23. The second kappa shape index (κ2) is 8.24. The minimum atomic E-state index is 0.0773. The first-order valence-corrected chi connectivity index (χ1v) is 10.0. The molecule has 0 N–H and O–H groups in total. The topological polar surface area (TPSA) is 62.5 Å². The lowest BCUT2D eigenvalue weighted by Crippen LogP contribution is -2.48. The molecule has 0 radical (unpaired) electrons. The number of rotatable bonds is 4. The van der Waals surface area contributed by atoms with Crippen molar-refractivity contribution >= 4 is 21.8 Å². The normalized spacial score (nSPS) is 15.0. The number of halogens is 1. The van der Waals surface area contributed by atoms with E-state index in [1.54, 1.807) is 0 Å². The zero-order chi connectivity index (χ0) is 19.5. The number of hydrogen-bond donors (Lipinski definition) is 0. The molecule has 1 aliphatic heterocycles. The van der Waals surface area contributed by atoms with Crippen molar-refractivity contribution < 1.29 is 9.32 Å². The van der Waals surface area contributed by atoms with Crippen LogP contribution in [0.4, 0.5) is 0 Å². The lowest BCUT2D eigenvalue weighted by atomic mass is 10.1. The SMILES string of the molecule is Cc1cccc(-c2nc(CN3CCN(C(=O)c4ccc(Br)cc4)CC3)no2)c1. The first-order valence-electron chi connectivity index (χ1n) is 9.25. The Balaban J connectivity index is 1.33. The summed E-state index contributed by atoms with van der Waals surface area (Å²) in [5.74, 6) is 1.29. The van der Waals surface area contributed by atoms with Gasteiger partial charge in [-0.2, -0.15) is 4.98 Å². The fourth-order valence-corrected chi connectivity index (χ4v) is 3.56. The summed E-state index contributed by atoms with van der Waals surface area (Å²) in [6.07, 6.45) is 0. The number of hydrogen-bond acceptors (Lipinski definition) is 5. The van der Waals surface area contributed by atoms with Crippen LogP contribution in [0.1, 0.15) is 21.7 Å². The highest BCUT2D eigenvalue weighted by molar-refractivity contribution is 9.10. The number of aryl methyl sites for hydroxylation is 1. The van der Waals surface area contributed by atoms with Crippen LogP contribution in [0.3, 0.4) is 0 Å². The molecule has 0 saturated carbocycles. The van der Waals surface area contributed by atoms with Gasteiger partial charge in [0.05, 0.1) is 6.54 Å². The molecule has 2 heterocycles. The van der Waals surface area contributed by atoms with Crippen LogP contribution >= 0.6 is 15.9 Å². The Morgan fingerprint density at radius 3 is 2.57 bits per heavy atom. The summed E-state index contributed by atoms with van der Waals surface area (Å²) < 4.78 is 6.39. The standard InChI is InChI=1S/C21H21BrN4O2/c1-15-3-2-4-17(13-15)20-23-19(24-28-20)14-25-9-11-26(12-10-25)21(27)16-5-7-18(22)8-6-16/h2-8,13H,9-12,14H2,1H3. The van der Waals surface area contributed by atoms with Gasteiger partial charge in [0.25, 0.3) is 11.8 Å². The molecule has 0 aliphatic carbocycles. The molecule has 0 spiro atoms. The van der Waals surface area contributed by atoms with E-state index in [0.717, 1.165) is 34.3 Å². The minimum Gasteiger partial charge on any atom is -0.336 e. The highest BCUT2D eigenvalue weighted by atomic mass is 79.9. The molecule has 7 heteroatoms. The predicted molar refractivity (Wildman–Crippen MR) is 110 cm³/mol. The number of benzene rings is 2. The second-order valence-electron chi connectivity index (χ2n) is 6.96. The van der Waals surface area contributed by atoms with E-state index in [1.807, 2.05) is 60.4 Å². The Hall–Kier alpha value is -2.51. The van der Waals surface area contributed by atoms with E-state index in [2.05, 4.69) is 31.0 Å². The summed E-state index contributed by atoms with van der Waals surface area (Å²) in [5, 5.41) is 4.11. The highest BCUT2D eigenvalue weighted by Crippen LogP contribution is 2.19. The van der Waals surface area contributed by atoms with E-state index in [4.69, 9.17) is 4.52 Å². The maximum Gasteiger partial charge on any atom is 0.257 e. The third-order valence-corrected chi connectivity index (χ3v) is 5.38. The molecule has 1 aliphatic rings. The molecule has 1 fully saturated rings. The van der Waals surface area contributed by atoms with E-state index in [-0.39, 0.29) is 5.91 Å². The summed E-state index contributed by atoms with van der Waals surface area (Å²) >= 11 is 3.40. The molecular weight excluding hydrogens is 420 g/mol. The van der Waals surface area contributed by atoms with Crippen molar-refractivity contribution in [2.24, 2.45) is 0 Å². The molecule has 2 aromatic carbocycles. The van der Waals surface area contributed by atoms with Gasteiger partial charge in [-0.25, -0.2) is 0 Å². The molecule has 1 amide bonds. The molecule has 0 bridgehead atoms. The van der Waals surface area contributed by atoms with E-state index < -0.39 is 0 Å². The van der Waals surface area contributed by atoms with Crippen molar-refractivity contribution in [2.75, 3.05) is 26.2 Å². The van der Waals surface area contributed by atoms with Crippen molar-refractivity contribution in [3.8, 4) is 11.5 Å². The van der Waals surface area contributed by atoms with Gasteiger partial charge >= 0.3 is 0 Å². The molecule has 1 aromatic heterocycles. The van der Waals surface area contributed by atoms with E-state index in [9.17, 15) is 4.79 Å². The van der Waals surface area contributed by atoms with Gasteiger partial charge in [0.1, 0.15) is 0 Å². The Morgan fingerprint density at radius 1 is 1.11 bits per heavy atom. The minimum absolute atomic E-state index is 0.0773. The van der Waals surface area contributed by atoms with Crippen LogP contribution in [-0.4, -0.2) is 52.0 Å². The number of piperazine rings is 1. The van der Waals surface area contributed by atoms with Crippen molar-refractivity contribution in [1.82, 2.24) is 19.9 Å². The molecule has 144 valence electrons. The summed E-state index contributed by atoms with van der Waals surface area (Å²) in [5.41, 5.74) is 2.81. The van der Waals surface area contributed by atoms with Gasteiger partial charge in [-0.3, -0.25) is 9.69 Å². The maximum atomic E-state index is 12.6. The van der Waals surface area contributed by atoms with Crippen molar-refractivity contribution in [3.63, 3.8) is 0 Å². The third-order valence-electron chi connectivity index (χ3n) is 4.85. The van der Waals surface area contributed by atoms with Gasteiger partial charge in [0, 0.05) is 41.8 Å². The summed E-state index contributed by atoms with van der Waals surface area (Å²) in [4.78, 5) is 21.3. The van der Waals surface area contributed by atoms with Gasteiger partial charge < -0.3 is 9.42 Å². The Bertz CT molecular complexity index is 963. The van der Waals surface area contributed by atoms with E-state index in [0.29, 0.717) is 31.3 Å². The molecule has 0 atom stereocenters. The summed E-state index contributed by atoms with van der Waals surface area (Å²) in [7, 11) is 0. The molecule has 3 aromatic rings. The zero-order valence-electron chi connectivity index (χ0n) is 15.6.